The molecule has 1 heterocycles. The van der Waals surface area contributed by atoms with Gasteiger partial charge in [0.2, 0.25) is 5.82 Å². The summed E-state index contributed by atoms with van der Waals surface area (Å²) in [4.78, 5) is 9.84. The largest absolute Gasteiger partial charge is 0.315 e. The van der Waals surface area contributed by atoms with Crippen LogP contribution in [0.25, 0.3) is 10.9 Å². The van der Waals surface area contributed by atoms with E-state index in [0.717, 1.165) is 6.07 Å². The summed E-state index contributed by atoms with van der Waals surface area (Å²) in [6.07, 6.45) is 1.29. The summed E-state index contributed by atoms with van der Waals surface area (Å²) in [5.74, 6) is -0.838. The molecule has 0 bridgehead atoms. The van der Waals surface area contributed by atoms with Gasteiger partial charge in [-0.3, -0.25) is 14.8 Å². The second-order valence-electron chi connectivity index (χ2n) is 2.85. The zero-order valence-corrected chi connectivity index (χ0v) is 7.27. The lowest BCUT2D eigenvalue weighted by Crippen LogP contribution is -1.94. The number of benzene rings is 1. The first-order chi connectivity index (χ1) is 6.61. The molecule has 2 aromatic rings. The zero-order valence-electron chi connectivity index (χ0n) is 7.27. The Bertz CT molecular complexity index is 521. The number of nitrogens with zero attached hydrogens (tertiary/aromatic N) is 3. The van der Waals surface area contributed by atoms with E-state index >= 15 is 0 Å². The molecule has 5 nitrogen and oxygen atoms in total. The molecule has 2 rings (SSSR count). The van der Waals surface area contributed by atoms with Gasteiger partial charge in [-0.25, -0.2) is 0 Å². The summed E-state index contributed by atoms with van der Waals surface area (Å²) in [5, 5.41) is 14.6. The maximum absolute atomic E-state index is 13.1. The number of fused-ring (bicyclic) bond motifs is 1. The lowest BCUT2D eigenvalue weighted by atomic mass is 10.2. The van der Waals surface area contributed by atoms with Crippen molar-refractivity contribution in [3.8, 4) is 0 Å². The van der Waals surface area contributed by atoms with E-state index in [9.17, 15) is 14.5 Å². The van der Waals surface area contributed by atoms with Crippen molar-refractivity contribution in [2.45, 2.75) is 0 Å². The summed E-state index contributed by atoms with van der Waals surface area (Å²) < 4.78 is 14.6. The smallest absolute Gasteiger partial charge is 0.268 e. The summed E-state index contributed by atoms with van der Waals surface area (Å²) in [5.41, 5.74) is 0.0219. The predicted molar refractivity (Wildman–Crippen MR) is 47.3 cm³/mol. The number of hydrogen-bond acceptors (Lipinski definition) is 3. The topological polar surface area (TPSA) is 61.0 Å². The van der Waals surface area contributed by atoms with E-state index in [-0.39, 0.29) is 5.39 Å². The molecule has 1 aromatic heterocycles. The highest BCUT2D eigenvalue weighted by molar-refractivity contribution is 5.88. The van der Waals surface area contributed by atoms with E-state index in [1.165, 1.54) is 16.9 Å². The first-order valence-corrected chi connectivity index (χ1v) is 3.86. The van der Waals surface area contributed by atoms with Gasteiger partial charge < -0.3 is 0 Å². The summed E-state index contributed by atoms with van der Waals surface area (Å²) in [6, 6.07) is 2.53. The van der Waals surface area contributed by atoms with Gasteiger partial charge in [0, 0.05) is 7.05 Å². The van der Waals surface area contributed by atoms with Crippen molar-refractivity contribution in [2.75, 3.05) is 0 Å². The molecule has 6 heteroatoms. The Morgan fingerprint density at radius 3 is 2.93 bits per heavy atom. The molecule has 0 fully saturated rings. The van der Waals surface area contributed by atoms with E-state index in [2.05, 4.69) is 5.10 Å². The van der Waals surface area contributed by atoms with Gasteiger partial charge in [0.05, 0.1) is 16.6 Å². The van der Waals surface area contributed by atoms with Crippen LogP contribution in [0.5, 0.6) is 0 Å². The quantitative estimate of drug-likeness (QED) is 0.513. The third-order valence-electron chi connectivity index (χ3n) is 2.04. The third kappa shape index (κ3) is 1.04. The van der Waals surface area contributed by atoms with Gasteiger partial charge >= 0.3 is 5.69 Å². The number of nitro benzene ring substituents is 1. The van der Waals surface area contributed by atoms with Crippen LogP contribution in [-0.4, -0.2) is 14.7 Å². The molecule has 0 saturated heterocycles. The van der Waals surface area contributed by atoms with Gasteiger partial charge in [-0.05, 0) is 12.1 Å². The van der Waals surface area contributed by atoms with E-state index in [0.29, 0.717) is 5.52 Å². The molecule has 0 aliphatic carbocycles. The second kappa shape index (κ2) is 2.76. The van der Waals surface area contributed by atoms with Crippen LogP contribution in [-0.2, 0) is 7.05 Å². The van der Waals surface area contributed by atoms with Crippen molar-refractivity contribution in [2.24, 2.45) is 7.05 Å². The van der Waals surface area contributed by atoms with Gasteiger partial charge in [-0.15, -0.1) is 0 Å². The van der Waals surface area contributed by atoms with Crippen molar-refractivity contribution < 1.29 is 9.31 Å². The van der Waals surface area contributed by atoms with Gasteiger partial charge in [0.15, 0.2) is 0 Å². The molecule has 1 aromatic carbocycles. The lowest BCUT2D eigenvalue weighted by Gasteiger charge is -1.96. The molecule has 0 N–H and O–H groups in total. The van der Waals surface area contributed by atoms with Crippen LogP contribution < -0.4 is 0 Å². The molecule has 0 saturated carbocycles. The number of aryl methyl sites for hydroxylation is 1. The average molecular weight is 195 g/mol. The van der Waals surface area contributed by atoms with Crippen LogP contribution in [0.2, 0.25) is 0 Å². The van der Waals surface area contributed by atoms with E-state index in [1.54, 1.807) is 7.05 Å². The summed E-state index contributed by atoms with van der Waals surface area (Å²) in [6.45, 7) is 0. The summed E-state index contributed by atoms with van der Waals surface area (Å²) in [7, 11) is 1.64. The number of rotatable bonds is 1. The number of aromatic nitrogens is 2. The standard InChI is InChI=1S/C8H6FN3O2/c1-11-7-3-2-6(9)8(12(13)14)5(7)4-10-11/h2-4H,1H3. The maximum Gasteiger partial charge on any atom is 0.315 e. The van der Waals surface area contributed by atoms with Gasteiger partial charge in [0.25, 0.3) is 0 Å². The highest BCUT2D eigenvalue weighted by atomic mass is 19.1. The molecule has 0 unspecified atom stereocenters. The Hall–Kier alpha value is -1.98. The Labute approximate surface area is 77.9 Å². The molecular formula is C8H6FN3O2. The Balaban J connectivity index is 2.90. The third-order valence-corrected chi connectivity index (χ3v) is 2.04. The van der Waals surface area contributed by atoms with Crippen LogP contribution in [0.4, 0.5) is 10.1 Å². The van der Waals surface area contributed by atoms with Crippen LogP contribution in [0.1, 0.15) is 0 Å². The highest BCUT2D eigenvalue weighted by Gasteiger charge is 2.20. The van der Waals surface area contributed by atoms with Gasteiger partial charge in [-0.2, -0.15) is 9.49 Å². The van der Waals surface area contributed by atoms with Crippen molar-refractivity contribution in [1.82, 2.24) is 9.78 Å². The monoisotopic (exact) mass is 195 g/mol. The normalized spacial score (nSPS) is 10.7. The first-order valence-electron chi connectivity index (χ1n) is 3.86. The lowest BCUT2D eigenvalue weighted by molar-refractivity contribution is -0.385. The second-order valence-corrected chi connectivity index (χ2v) is 2.85. The van der Waals surface area contributed by atoms with E-state index < -0.39 is 16.4 Å². The Morgan fingerprint density at radius 1 is 1.57 bits per heavy atom. The molecule has 0 amide bonds. The Kier molecular flexibility index (Phi) is 1.70. The number of halogens is 1. The average Bonchev–Trinajstić information content (AvgIpc) is 2.47. The van der Waals surface area contributed by atoms with Gasteiger partial charge in [0.1, 0.15) is 5.39 Å². The molecule has 0 spiro atoms. The van der Waals surface area contributed by atoms with E-state index in [1.807, 2.05) is 0 Å². The van der Waals surface area contributed by atoms with Crippen molar-refractivity contribution in [3.05, 3.63) is 34.3 Å². The van der Waals surface area contributed by atoms with E-state index in [4.69, 9.17) is 0 Å². The van der Waals surface area contributed by atoms with Crippen LogP contribution in [0.15, 0.2) is 18.3 Å². The first kappa shape index (κ1) is 8.61. The van der Waals surface area contributed by atoms with Crippen molar-refractivity contribution in [3.63, 3.8) is 0 Å². The molecule has 0 radical (unpaired) electrons. The van der Waals surface area contributed by atoms with Crippen molar-refractivity contribution >= 4 is 16.6 Å². The molecule has 0 atom stereocenters. The zero-order chi connectivity index (χ0) is 10.3. The molecule has 0 aliphatic rings. The molecule has 0 aliphatic heterocycles. The van der Waals surface area contributed by atoms with Gasteiger partial charge in [-0.1, -0.05) is 0 Å². The molecular weight excluding hydrogens is 189 g/mol. The highest BCUT2D eigenvalue weighted by Crippen LogP contribution is 2.27. The van der Waals surface area contributed by atoms with Crippen LogP contribution in [0, 0.1) is 15.9 Å². The SMILES string of the molecule is Cn1ncc2c([N+](=O)[O-])c(F)ccc21. The number of hydrogen-bond donors (Lipinski definition) is 0. The van der Waals surface area contributed by atoms with Crippen LogP contribution >= 0.6 is 0 Å². The Morgan fingerprint density at radius 2 is 2.29 bits per heavy atom. The predicted octanol–water partition coefficient (Wildman–Crippen LogP) is 1.62. The maximum atomic E-state index is 13.1. The molecule has 72 valence electrons. The van der Waals surface area contributed by atoms with Crippen molar-refractivity contribution in [1.29, 1.82) is 0 Å². The molecule has 14 heavy (non-hydrogen) atoms. The fraction of sp³-hybridized carbons (Fsp3) is 0.125. The fourth-order valence-electron chi connectivity index (χ4n) is 1.37. The minimum absolute atomic E-state index is 0.220. The fourth-order valence-corrected chi connectivity index (χ4v) is 1.37. The number of nitro groups is 1. The summed E-state index contributed by atoms with van der Waals surface area (Å²) >= 11 is 0. The van der Waals surface area contributed by atoms with Crippen LogP contribution in [0.3, 0.4) is 0 Å². The minimum atomic E-state index is -0.838. The minimum Gasteiger partial charge on any atom is -0.268 e.